The van der Waals surface area contributed by atoms with Gasteiger partial charge in [-0.05, 0) is 12.1 Å². The molecule has 3 aliphatic rings. The van der Waals surface area contributed by atoms with Gasteiger partial charge in [0.15, 0.2) is 0 Å². The highest BCUT2D eigenvalue weighted by molar-refractivity contribution is 9.10. The normalized spacial score (nSPS) is 33.2. The molecule has 1 aliphatic carbocycles. The summed E-state index contributed by atoms with van der Waals surface area (Å²) in [4.78, 5) is 11.5. The Hall–Kier alpha value is -1.07. The summed E-state index contributed by atoms with van der Waals surface area (Å²) in [7, 11) is 1.40. The van der Waals surface area contributed by atoms with E-state index >= 15 is 0 Å². The quantitative estimate of drug-likeness (QED) is 0.618. The van der Waals surface area contributed by atoms with Crippen molar-refractivity contribution in [3.05, 3.63) is 27.7 Å². The maximum Gasteiger partial charge on any atom is 0.310 e. The maximum absolute atomic E-state index is 11.5. The number of hydrogen-bond donors (Lipinski definition) is 0. The summed E-state index contributed by atoms with van der Waals surface area (Å²) in [6.45, 7) is 0. The third-order valence-electron chi connectivity index (χ3n) is 4.19. The molecule has 1 saturated carbocycles. The van der Waals surface area contributed by atoms with Crippen LogP contribution in [0.1, 0.15) is 23.5 Å². The molecule has 0 radical (unpaired) electrons. The molecule has 1 saturated heterocycles. The van der Waals surface area contributed by atoms with E-state index in [9.17, 15) is 4.79 Å². The van der Waals surface area contributed by atoms with Crippen molar-refractivity contribution in [2.75, 3.05) is 7.11 Å². The number of esters is 1. The van der Waals surface area contributed by atoms with E-state index < -0.39 is 0 Å². The Labute approximate surface area is 119 Å². The first-order valence-electron chi connectivity index (χ1n) is 6.38. The Morgan fingerprint density at radius 2 is 2.32 bits per heavy atom. The number of carbonyl (C=O) groups is 1. The van der Waals surface area contributed by atoms with E-state index in [0.717, 1.165) is 22.2 Å². The third kappa shape index (κ3) is 1.71. The van der Waals surface area contributed by atoms with Crippen molar-refractivity contribution in [2.24, 2.45) is 0 Å². The molecule has 4 rings (SSSR count). The molecule has 100 valence electrons. The van der Waals surface area contributed by atoms with Crippen molar-refractivity contribution < 1.29 is 19.0 Å². The van der Waals surface area contributed by atoms with Crippen molar-refractivity contribution in [1.29, 1.82) is 0 Å². The second-order valence-electron chi connectivity index (χ2n) is 5.29. The molecule has 2 aliphatic heterocycles. The van der Waals surface area contributed by atoms with Crippen molar-refractivity contribution in [1.82, 2.24) is 0 Å². The zero-order valence-corrected chi connectivity index (χ0v) is 12.0. The molecule has 19 heavy (non-hydrogen) atoms. The smallest absolute Gasteiger partial charge is 0.310 e. The predicted octanol–water partition coefficient (Wildman–Crippen LogP) is 2.18. The largest absolute Gasteiger partial charge is 0.489 e. The molecule has 0 N–H and O–H groups in total. The average Bonchev–Trinajstić information content (AvgIpc) is 2.89. The lowest BCUT2D eigenvalue weighted by Crippen LogP contribution is -2.17. The van der Waals surface area contributed by atoms with Crippen LogP contribution in [0.25, 0.3) is 0 Å². The number of epoxide rings is 1. The van der Waals surface area contributed by atoms with E-state index in [-0.39, 0.29) is 18.5 Å². The SMILES string of the molecule is COC(=O)Cc1cc(Br)cc2c1OC1CC3OC3C21. The first-order chi connectivity index (χ1) is 9.17. The van der Waals surface area contributed by atoms with E-state index in [1.165, 1.54) is 12.7 Å². The van der Waals surface area contributed by atoms with E-state index in [1.54, 1.807) is 0 Å². The molecule has 0 amide bonds. The summed E-state index contributed by atoms with van der Waals surface area (Å²) in [6.07, 6.45) is 2.11. The van der Waals surface area contributed by atoms with Crippen LogP contribution in [0.3, 0.4) is 0 Å². The van der Waals surface area contributed by atoms with Crippen LogP contribution in [-0.4, -0.2) is 31.4 Å². The standard InChI is InChI=1S/C14H13BrO4/c1-17-11(16)3-6-2-7(15)4-8-12-9(18-13(6)8)5-10-14(12)19-10/h2,4,9-10,12,14H,3,5H2,1H3. The number of carbonyl (C=O) groups excluding carboxylic acids is 1. The molecular weight excluding hydrogens is 312 g/mol. The lowest BCUT2D eigenvalue weighted by atomic mass is 9.94. The fourth-order valence-electron chi connectivity index (χ4n) is 3.32. The van der Waals surface area contributed by atoms with Crippen molar-refractivity contribution in [3.63, 3.8) is 0 Å². The molecule has 0 aromatic heterocycles. The van der Waals surface area contributed by atoms with Crippen LogP contribution in [0.5, 0.6) is 5.75 Å². The Morgan fingerprint density at radius 3 is 3.11 bits per heavy atom. The van der Waals surface area contributed by atoms with Gasteiger partial charge in [-0.1, -0.05) is 15.9 Å². The van der Waals surface area contributed by atoms with Crippen LogP contribution < -0.4 is 4.74 Å². The summed E-state index contributed by atoms with van der Waals surface area (Å²) in [5, 5.41) is 0. The molecule has 1 aromatic carbocycles. The fourth-order valence-corrected chi connectivity index (χ4v) is 3.85. The van der Waals surface area contributed by atoms with Crippen LogP contribution in [0, 0.1) is 0 Å². The fraction of sp³-hybridized carbons (Fsp3) is 0.500. The number of benzene rings is 1. The molecule has 0 bridgehead atoms. The molecule has 4 atom stereocenters. The van der Waals surface area contributed by atoms with Crippen LogP contribution in [-0.2, 0) is 20.7 Å². The number of halogens is 1. The van der Waals surface area contributed by atoms with E-state index in [0.29, 0.717) is 18.1 Å². The van der Waals surface area contributed by atoms with Gasteiger partial charge in [-0.25, -0.2) is 0 Å². The molecular formula is C14H13BrO4. The number of ether oxygens (including phenoxy) is 3. The van der Waals surface area contributed by atoms with Gasteiger partial charge in [-0.3, -0.25) is 4.79 Å². The van der Waals surface area contributed by atoms with Gasteiger partial charge >= 0.3 is 5.97 Å². The van der Waals surface area contributed by atoms with Gasteiger partial charge in [0.2, 0.25) is 0 Å². The molecule has 0 spiro atoms. The third-order valence-corrected chi connectivity index (χ3v) is 4.65. The minimum Gasteiger partial charge on any atom is -0.489 e. The van der Waals surface area contributed by atoms with Gasteiger partial charge < -0.3 is 14.2 Å². The topological polar surface area (TPSA) is 48.1 Å². The van der Waals surface area contributed by atoms with Crippen LogP contribution in [0.2, 0.25) is 0 Å². The van der Waals surface area contributed by atoms with E-state index in [1.807, 2.05) is 6.07 Å². The van der Waals surface area contributed by atoms with Crippen molar-refractivity contribution >= 4 is 21.9 Å². The first kappa shape index (κ1) is 11.7. The molecule has 1 aromatic rings. The van der Waals surface area contributed by atoms with Gasteiger partial charge in [0.25, 0.3) is 0 Å². The minimum absolute atomic E-state index is 0.212. The zero-order valence-electron chi connectivity index (χ0n) is 10.4. The molecule has 4 nitrogen and oxygen atoms in total. The monoisotopic (exact) mass is 324 g/mol. The van der Waals surface area contributed by atoms with Crippen molar-refractivity contribution in [3.8, 4) is 5.75 Å². The molecule has 2 fully saturated rings. The van der Waals surface area contributed by atoms with Crippen LogP contribution >= 0.6 is 15.9 Å². The van der Waals surface area contributed by atoms with Crippen molar-refractivity contribution in [2.45, 2.75) is 37.1 Å². The number of rotatable bonds is 2. The lowest BCUT2D eigenvalue weighted by Gasteiger charge is -2.11. The first-order valence-corrected chi connectivity index (χ1v) is 7.18. The average molecular weight is 325 g/mol. The summed E-state index contributed by atoms with van der Waals surface area (Å²) < 4.78 is 17.4. The van der Waals surface area contributed by atoms with E-state index in [4.69, 9.17) is 14.2 Å². The summed E-state index contributed by atoms with van der Waals surface area (Å²) in [5.41, 5.74) is 2.06. The second kappa shape index (κ2) is 3.96. The highest BCUT2D eigenvalue weighted by Crippen LogP contribution is 2.56. The predicted molar refractivity (Wildman–Crippen MR) is 70.3 cm³/mol. The summed E-state index contributed by atoms with van der Waals surface area (Å²) >= 11 is 3.51. The second-order valence-corrected chi connectivity index (χ2v) is 6.21. The Bertz CT molecular complexity index is 571. The Balaban J connectivity index is 1.75. The molecule has 5 heteroatoms. The molecule has 4 unspecified atom stereocenters. The van der Waals surface area contributed by atoms with Gasteiger partial charge in [0.05, 0.1) is 31.7 Å². The van der Waals surface area contributed by atoms with Gasteiger partial charge in [-0.15, -0.1) is 0 Å². The Morgan fingerprint density at radius 1 is 1.47 bits per heavy atom. The van der Waals surface area contributed by atoms with Gasteiger partial charge in [0, 0.05) is 22.0 Å². The summed E-state index contributed by atoms with van der Waals surface area (Å²) in [6, 6.07) is 4.02. The van der Waals surface area contributed by atoms with Gasteiger partial charge in [0.1, 0.15) is 11.9 Å². The number of fused-ring (bicyclic) bond motifs is 5. The lowest BCUT2D eigenvalue weighted by molar-refractivity contribution is -0.139. The van der Waals surface area contributed by atoms with E-state index in [2.05, 4.69) is 22.0 Å². The van der Waals surface area contributed by atoms with Gasteiger partial charge in [-0.2, -0.15) is 0 Å². The molecule has 2 heterocycles. The Kier molecular flexibility index (Phi) is 2.45. The zero-order chi connectivity index (χ0) is 13.1. The van der Waals surface area contributed by atoms with Crippen LogP contribution in [0.15, 0.2) is 16.6 Å². The number of hydrogen-bond acceptors (Lipinski definition) is 4. The number of methoxy groups -OCH3 is 1. The van der Waals surface area contributed by atoms with Crippen LogP contribution in [0.4, 0.5) is 0 Å². The summed E-state index contributed by atoms with van der Waals surface area (Å²) in [5.74, 6) is 0.938. The highest BCUT2D eigenvalue weighted by Gasteiger charge is 2.60. The highest BCUT2D eigenvalue weighted by atomic mass is 79.9. The maximum atomic E-state index is 11.5. The minimum atomic E-state index is -0.249.